The number of anilines is 2. The minimum atomic E-state index is -3.98. The number of ether oxygens (including phenoxy) is 2. The molecule has 2 aromatic rings. The van der Waals surface area contributed by atoms with Crippen molar-refractivity contribution in [1.29, 1.82) is 0 Å². The monoisotopic (exact) mass is 604 g/mol. The molecule has 228 valence electrons. The molecule has 2 aromatic carbocycles. The van der Waals surface area contributed by atoms with Crippen LogP contribution in [0.5, 0.6) is 0 Å². The zero-order chi connectivity index (χ0) is 30.1. The van der Waals surface area contributed by atoms with Crippen LogP contribution in [0.4, 0.5) is 11.4 Å². The zero-order valence-corrected chi connectivity index (χ0v) is 22.1. The average molecular weight is 605 g/mol. The summed E-state index contributed by atoms with van der Waals surface area (Å²) in [6.45, 7) is -1.54. The molecule has 10 N–H and O–H groups in total. The van der Waals surface area contributed by atoms with E-state index in [4.69, 9.17) is 24.9 Å². The van der Waals surface area contributed by atoms with Crippen molar-refractivity contribution in [3.8, 4) is 0 Å². The van der Waals surface area contributed by atoms with Gasteiger partial charge in [0.15, 0.2) is 0 Å². The Morgan fingerprint density at radius 2 is 1.05 bits per heavy atom. The Labute approximate surface area is 233 Å². The van der Waals surface area contributed by atoms with Gasteiger partial charge in [0, 0.05) is 5.69 Å². The van der Waals surface area contributed by atoms with Crippen LogP contribution in [-0.2, 0) is 29.0 Å². The molecule has 41 heavy (non-hydrogen) atoms. The molecule has 2 heterocycles. The second-order valence-electron chi connectivity index (χ2n) is 9.43. The van der Waals surface area contributed by atoms with Gasteiger partial charge in [-0.2, -0.15) is 0 Å². The van der Waals surface area contributed by atoms with Crippen LogP contribution in [0.3, 0.4) is 0 Å². The fraction of sp³-hybridized carbons (Fsp3) is 0.500. The molecule has 0 bridgehead atoms. The first-order chi connectivity index (χ1) is 19.4. The van der Waals surface area contributed by atoms with Crippen molar-refractivity contribution in [2.24, 2.45) is 0 Å². The third kappa shape index (κ3) is 6.47. The Hall–Kier alpha value is -2.49. The van der Waals surface area contributed by atoms with E-state index in [0.29, 0.717) is 10.9 Å². The van der Waals surface area contributed by atoms with Crippen molar-refractivity contribution in [3.63, 3.8) is 0 Å². The lowest BCUT2D eigenvalue weighted by molar-refractivity contribution is -0.361. The number of nitrogen functional groups attached to an aromatic ring is 1. The lowest BCUT2D eigenvalue weighted by atomic mass is 9.99. The maximum absolute atomic E-state index is 13.0. The third-order valence-electron chi connectivity index (χ3n) is 6.64. The molecule has 2 saturated heterocycles. The lowest BCUT2D eigenvalue weighted by Gasteiger charge is -2.43. The number of nitrogens with two attached hydrogens (primary N) is 1. The maximum Gasteiger partial charge on any atom is 0.215 e. The molecule has 2 aliphatic heterocycles. The molecular weight excluding hydrogens is 572 g/mol. The summed E-state index contributed by atoms with van der Waals surface area (Å²) in [7, 11) is -3.98. The molecular formula is C24H32N2O14S. The van der Waals surface area contributed by atoms with E-state index in [1.54, 1.807) is 0 Å². The number of sulfone groups is 1. The van der Waals surface area contributed by atoms with E-state index >= 15 is 0 Å². The fourth-order valence-corrected chi connectivity index (χ4v) is 5.44. The summed E-state index contributed by atoms with van der Waals surface area (Å²) in [6, 6.07) is 10.3. The molecule has 0 aliphatic carbocycles. The predicted octanol–water partition coefficient (Wildman–Crippen LogP) is -3.63. The van der Waals surface area contributed by atoms with Gasteiger partial charge in [-0.15, -0.1) is 5.23 Å². The first-order valence-electron chi connectivity index (χ1n) is 12.3. The number of nitrogens with zero attached hydrogens (tertiary/aromatic N) is 1. The van der Waals surface area contributed by atoms with Gasteiger partial charge in [-0.1, -0.05) is 0 Å². The zero-order valence-electron chi connectivity index (χ0n) is 21.3. The lowest BCUT2D eigenvalue weighted by Crippen LogP contribution is -2.62. The number of aliphatic hydroxyl groups excluding tert-OH is 8. The van der Waals surface area contributed by atoms with Gasteiger partial charge < -0.3 is 56.1 Å². The van der Waals surface area contributed by atoms with Crippen LogP contribution in [0.1, 0.15) is 0 Å². The molecule has 0 saturated carbocycles. The van der Waals surface area contributed by atoms with Crippen molar-refractivity contribution in [3.05, 3.63) is 48.5 Å². The van der Waals surface area contributed by atoms with E-state index in [1.165, 1.54) is 48.5 Å². The Bertz CT molecular complexity index is 1210. The largest absolute Gasteiger partial charge is 0.399 e. The van der Waals surface area contributed by atoms with Gasteiger partial charge in [-0.3, -0.25) is 0 Å². The van der Waals surface area contributed by atoms with E-state index in [1.807, 2.05) is 0 Å². The van der Waals surface area contributed by atoms with Gasteiger partial charge in [0.25, 0.3) is 0 Å². The van der Waals surface area contributed by atoms with Crippen LogP contribution >= 0.6 is 0 Å². The van der Waals surface area contributed by atoms with Gasteiger partial charge >= 0.3 is 0 Å². The molecule has 2 aliphatic rings. The Morgan fingerprint density at radius 3 is 1.44 bits per heavy atom. The van der Waals surface area contributed by atoms with Crippen LogP contribution < -0.4 is 11.0 Å². The Balaban J connectivity index is 1.64. The van der Waals surface area contributed by atoms with E-state index in [0.717, 1.165) is 0 Å². The van der Waals surface area contributed by atoms with Gasteiger partial charge in [-0.25, -0.2) is 18.1 Å². The molecule has 4 rings (SSSR count). The molecule has 0 radical (unpaired) electrons. The van der Waals surface area contributed by atoms with E-state index in [-0.39, 0.29) is 15.5 Å². The van der Waals surface area contributed by atoms with Crippen molar-refractivity contribution < 1.29 is 68.4 Å². The highest BCUT2D eigenvalue weighted by Gasteiger charge is 2.48. The first-order valence-corrected chi connectivity index (χ1v) is 13.8. The highest BCUT2D eigenvalue weighted by molar-refractivity contribution is 7.91. The molecule has 2 unspecified atom stereocenters. The Kier molecular flexibility index (Phi) is 9.81. The van der Waals surface area contributed by atoms with Crippen molar-refractivity contribution >= 4 is 21.2 Å². The summed E-state index contributed by atoms with van der Waals surface area (Å²) in [5.74, 6) is 0. The molecule has 2 fully saturated rings. The summed E-state index contributed by atoms with van der Waals surface area (Å²) < 4.78 is 36.8. The van der Waals surface area contributed by atoms with Crippen molar-refractivity contribution in [2.75, 3.05) is 24.2 Å². The Morgan fingerprint density at radius 1 is 0.659 bits per heavy atom. The molecule has 0 spiro atoms. The number of aliphatic hydroxyl groups is 8. The normalized spacial score (nSPS) is 34.3. The van der Waals surface area contributed by atoms with Gasteiger partial charge in [0.05, 0.1) is 28.7 Å². The van der Waals surface area contributed by atoms with Crippen molar-refractivity contribution in [2.45, 2.75) is 71.2 Å². The highest BCUT2D eigenvalue weighted by atomic mass is 32.2. The maximum atomic E-state index is 13.0. The number of hydrogen-bond acceptors (Lipinski definition) is 16. The van der Waals surface area contributed by atoms with Crippen molar-refractivity contribution in [1.82, 2.24) is 0 Å². The van der Waals surface area contributed by atoms with Crippen LogP contribution in [0.25, 0.3) is 0 Å². The summed E-state index contributed by atoms with van der Waals surface area (Å²) in [5, 5.41) is 80.7. The van der Waals surface area contributed by atoms with E-state index in [9.17, 15) is 49.3 Å². The van der Waals surface area contributed by atoms with Crippen LogP contribution in [-0.4, -0.2) is 124 Å². The summed E-state index contributed by atoms with van der Waals surface area (Å²) in [4.78, 5) is 10.9. The standard InChI is InChI=1S/C24H32N2O14S/c25-11-1-5-13(6-2-11)41(35,36)14-7-3-12(4-8-14)26(39-23-21(33)19(31)17(29)15(9-27)37-23)40-24-22(34)20(32)18(30)16(10-28)38-24/h1-8,15-24,27-34H,9-10,25H2/t15-,16-,17+,18+,19+,20+,21-,22-,23?,24?/m1/s1. The summed E-state index contributed by atoms with van der Waals surface area (Å²) in [5.41, 5.74) is 5.91. The van der Waals surface area contributed by atoms with Crippen LogP contribution in [0.2, 0.25) is 0 Å². The second kappa shape index (κ2) is 12.8. The topological polar surface area (TPSA) is 262 Å². The first kappa shape index (κ1) is 31.4. The molecule has 0 amide bonds. The molecule has 16 nitrogen and oxygen atoms in total. The SMILES string of the molecule is Nc1ccc(S(=O)(=O)c2ccc(N(OC3O[C@H](CO)[C@H](O)[C@H](O)[C@H]3O)OC3O[C@H](CO)[C@H](O)[C@H](O)[C@H]3O)cc2)cc1. The van der Waals surface area contributed by atoms with Crippen LogP contribution in [0.15, 0.2) is 58.3 Å². The smallest absolute Gasteiger partial charge is 0.215 e. The highest BCUT2D eigenvalue weighted by Crippen LogP contribution is 2.30. The van der Waals surface area contributed by atoms with Gasteiger partial charge in [-0.05, 0) is 48.5 Å². The number of benzene rings is 2. The predicted molar refractivity (Wildman–Crippen MR) is 135 cm³/mol. The average Bonchev–Trinajstić information content (AvgIpc) is 2.97. The number of hydrogen-bond donors (Lipinski definition) is 9. The quantitative estimate of drug-likeness (QED) is 0.0987. The van der Waals surface area contributed by atoms with E-state index < -0.39 is 84.5 Å². The van der Waals surface area contributed by atoms with Gasteiger partial charge in [0.1, 0.15) is 48.8 Å². The second-order valence-corrected chi connectivity index (χ2v) is 11.4. The summed E-state index contributed by atoms with van der Waals surface area (Å²) in [6.07, 6.45) is -17.2. The minimum absolute atomic E-state index is 0.0357. The van der Waals surface area contributed by atoms with E-state index in [2.05, 4.69) is 0 Å². The molecule has 0 aromatic heterocycles. The summed E-state index contributed by atoms with van der Waals surface area (Å²) >= 11 is 0. The van der Waals surface area contributed by atoms with Crippen LogP contribution in [0, 0.1) is 0 Å². The van der Waals surface area contributed by atoms with Gasteiger partial charge in [0.2, 0.25) is 22.4 Å². The third-order valence-corrected chi connectivity index (χ3v) is 8.43. The molecule has 10 atom stereocenters. The minimum Gasteiger partial charge on any atom is -0.399 e. The molecule has 17 heteroatoms. The fourth-order valence-electron chi connectivity index (χ4n) is 4.17. The number of rotatable bonds is 9.